The molecular formula is C28H34F2N4O3. The number of aliphatic hydroxyl groups is 1. The van der Waals surface area contributed by atoms with Crippen molar-refractivity contribution in [3.8, 4) is 0 Å². The number of fused-ring (bicyclic) bond motifs is 1. The van der Waals surface area contributed by atoms with Crippen molar-refractivity contribution < 1.29 is 18.7 Å². The highest BCUT2D eigenvalue weighted by atomic mass is 19.3. The molecule has 1 amide bonds. The molecule has 2 fully saturated rings. The summed E-state index contributed by atoms with van der Waals surface area (Å²) < 4.78 is 32.0. The van der Waals surface area contributed by atoms with Gasteiger partial charge in [-0.15, -0.1) is 0 Å². The van der Waals surface area contributed by atoms with E-state index in [4.69, 9.17) is 0 Å². The molecule has 198 valence electrons. The third kappa shape index (κ3) is 5.06. The van der Waals surface area contributed by atoms with Gasteiger partial charge in [0.1, 0.15) is 12.0 Å². The summed E-state index contributed by atoms with van der Waals surface area (Å²) in [6, 6.07) is 11.0. The predicted octanol–water partition coefficient (Wildman–Crippen LogP) is 4.35. The van der Waals surface area contributed by atoms with Crippen molar-refractivity contribution in [1.82, 2.24) is 19.0 Å². The fraction of sp³-hybridized carbons (Fsp3) is 0.536. The number of hydrogen-bond acceptors (Lipinski definition) is 4. The van der Waals surface area contributed by atoms with Crippen molar-refractivity contribution in [2.45, 2.75) is 76.0 Å². The zero-order chi connectivity index (χ0) is 26.4. The molecule has 2 aliphatic rings. The van der Waals surface area contributed by atoms with Gasteiger partial charge in [-0.25, -0.2) is 13.8 Å². The van der Waals surface area contributed by atoms with Crippen molar-refractivity contribution in [3.63, 3.8) is 0 Å². The van der Waals surface area contributed by atoms with Crippen LogP contribution in [0.25, 0.3) is 11.0 Å². The number of carbonyl (C=O) groups is 1. The van der Waals surface area contributed by atoms with E-state index in [9.17, 15) is 23.5 Å². The van der Waals surface area contributed by atoms with E-state index in [1.807, 2.05) is 54.9 Å². The zero-order valence-corrected chi connectivity index (χ0v) is 21.3. The average molecular weight is 513 g/mol. The minimum Gasteiger partial charge on any atom is -0.388 e. The summed E-state index contributed by atoms with van der Waals surface area (Å²) in [6.45, 7) is 4.76. The molecule has 3 aromatic rings. The van der Waals surface area contributed by atoms with Crippen LogP contribution in [0.5, 0.6) is 0 Å². The number of halogens is 2. The summed E-state index contributed by atoms with van der Waals surface area (Å²) in [5.41, 5.74) is 0.0248. The number of nitrogens with zero attached hydrogens (tertiary/aromatic N) is 4. The largest absolute Gasteiger partial charge is 0.388 e. The minimum absolute atomic E-state index is 0.0892. The van der Waals surface area contributed by atoms with Crippen molar-refractivity contribution >= 4 is 16.9 Å². The second kappa shape index (κ2) is 9.67. The van der Waals surface area contributed by atoms with Crippen molar-refractivity contribution in [2.75, 3.05) is 13.1 Å². The van der Waals surface area contributed by atoms with E-state index >= 15 is 0 Å². The van der Waals surface area contributed by atoms with E-state index in [2.05, 4.69) is 4.98 Å². The van der Waals surface area contributed by atoms with Gasteiger partial charge in [0.15, 0.2) is 0 Å². The first-order valence-electron chi connectivity index (χ1n) is 13.1. The predicted molar refractivity (Wildman–Crippen MR) is 137 cm³/mol. The number of rotatable bonds is 5. The molecule has 1 N–H and O–H groups in total. The standard InChI is InChI=1S/C28H34F2N4O3/c1-19(2)34-13-9-22-24(34)31-18-33(26(22)36)17-27(37)11-14-32(15-12-27)25(35)21-8-10-28(29,30)16-23(21)20-6-4-3-5-7-20/h3-7,9,13,18-19,21,23,37H,8,10-12,14-17H2,1-2H3/t21-,23+/m0/s1. The maximum Gasteiger partial charge on any atom is 0.262 e. The first-order chi connectivity index (χ1) is 17.6. The van der Waals surface area contributed by atoms with Gasteiger partial charge in [-0.1, -0.05) is 30.3 Å². The summed E-state index contributed by atoms with van der Waals surface area (Å²) in [6.07, 6.45) is 3.44. The summed E-state index contributed by atoms with van der Waals surface area (Å²) in [7, 11) is 0. The first kappa shape index (κ1) is 25.6. The van der Waals surface area contributed by atoms with Crippen LogP contribution >= 0.6 is 0 Å². The lowest BCUT2D eigenvalue weighted by atomic mass is 9.73. The first-order valence-corrected chi connectivity index (χ1v) is 13.1. The van der Waals surface area contributed by atoms with Crippen LogP contribution < -0.4 is 5.56 Å². The van der Waals surface area contributed by atoms with E-state index in [0.29, 0.717) is 37.0 Å². The smallest absolute Gasteiger partial charge is 0.262 e. The third-order valence-electron chi connectivity index (χ3n) is 8.10. The summed E-state index contributed by atoms with van der Waals surface area (Å²) in [5, 5.41) is 11.8. The number of carbonyl (C=O) groups excluding carboxylic acids is 1. The van der Waals surface area contributed by atoms with Gasteiger partial charge in [0.2, 0.25) is 11.8 Å². The van der Waals surface area contributed by atoms with Gasteiger partial charge in [-0.2, -0.15) is 0 Å². The quantitative estimate of drug-likeness (QED) is 0.551. The Labute approximate surface area is 214 Å². The normalized spacial score (nSPS) is 23.5. The molecule has 37 heavy (non-hydrogen) atoms. The van der Waals surface area contributed by atoms with E-state index < -0.39 is 23.4 Å². The van der Waals surface area contributed by atoms with Gasteiger partial charge in [0.25, 0.3) is 5.56 Å². The number of benzene rings is 1. The van der Waals surface area contributed by atoms with Crippen LogP contribution in [-0.2, 0) is 11.3 Å². The van der Waals surface area contributed by atoms with E-state index in [1.165, 1.54) is 10.9 Å². The molecule has 0 unspecified atom stereocenters. The van der Waals surface area contributed by atoms with Crippen molar-refractivity contribution in [3.05, 3.63) is 64.8 Å². The van der Waals surface area contributed by atoms with Crippen LogP contribution in [0.4, 0.5) is 8.78 Å². The molecule has 1 aliphatic carbocycles. The van der Waals surface area contributed by atoms with E-state index in [1.54, 1.807) is 11.0 Å². The summed E-state index contributed by atoms with van der Waals surface area (Å²) in [4.78, 5) is 32.7. The molecule has 5 rings (SSSR count). The fourth-order valence-electron chi connectivity index (χ4n) is 5.94. The Morgan fingerprint density at radius 3 is 2.51 bits per heavy atom. The number of hydrogen-bond donors (Lipinski definition) is 1. The highest BCUT2D eigenvalue weighted by Gasteiger charge is 2.46. The molecule has 2 atom stereocenters. The Bertz CT molecular complexity index is 1330. The highest BCUT2D eigenvalue weighted by molar-refractivity contribution is 5.80. The number of aromatic nitrogens is 3. The molecule has 9 heteroatoms. The van der Waals surface area contributed by atoms with Gasteiger partial charge in [-0.05, 0) is 44.7 Å². The Kier molecular flexibility index (Phi) is 6.68. The second-order valence-corrected chi connectivity index (χ2v) is 11.0. The molecule has 3 heterocycles. The number of likely N-dealkylation sites (tertiary alicyclic amines) is 1. The molecular weight excluding hydrogens is 478 g/mol. The second-order valence-electron chi connectivity index (χ2n) is 11.0. The molecule has 1 aromatic carbocycles. The van der Waals surface area contributed by atoms with E-state index in [-0.39, 0.29) is 43.3 Å². The Morgan fingerprint density at radius 2 is 1.84 bits per heavy atom. The fourth-order valence-corrected chi connectivity index (χ4v) is 5.94. The summed E-state index contributed by atoms with van der Waals surface area (Å²) >= 11 is 0. The van der Waals surface area contributed by atoms with Crippen LogP contribution in [0.1, 0.15) is 63.5 Å². The summed E-state index contributed by atoms with van der Waals surface area (Å²) in [5.74, 6) is -3.94. The highest BCUT2D eigenvalue weighted by Crippen LogP contribution is 2.46. The van der Waals surface area contributed by atoms with E-state index in [0.717, 1.165) is 5.56 Å². The Hall–Kier alpha value is -3.07. The van der Waals surface area contributed by atoms with Crippen LogP contribution in [0.2, 0.25) is 0 Å². The number of alkyl halides is 2. The zero-order valence-electron chi connectivity index (χ0n) is 21.3. The monoisotopic (exact) mass is 512 g/mol. The number of piperidine rings is 1. The van der Waals surface area contributed by atoms with Gasteiger partial charge in [-0.3, -0.25) is 14.2 Å². The maximum atomic E-state index is 14.3. The number of amides is 1. The molecule has 1 saturated carbocycles. The lowest BCUT2D eigenvalue weighted by molar-refractivity contribution is -0.145. The van der Waals surface area contributed by atoms with Crippen LogP contribution in [-0.4, -0.2) is 54.6 Å². The van der Waals surface area contributed by atoms with Crippen LogP contribution in [0.15, 0.2) is 53.7 Å². The van der Waals surface area contributed by atoms with Gasteiger partial charge in [0.05, 0.1) is 17.5 Å². The molecule has 0 bridgehead atoms. The molecule has 0 spiro atoms. The van der Waals surface area contributed by atoms with Crippen molar-refractivity contribution in [2.24, 2.45) is 5.92 Å². The van der Waals surface area contributed by atoms with Gasteiger partial charge in [0, 0.05) is 50.0 Å². The molecule has 2 aromatic heterocycles. The molecule has 1 saturated heterocycles. The molecule has 7 nitrogen and oxygen atoms in total. The Morgan fingerprint density at radius 1 is 1.14 bits per heavy atom. The van der Waals surface area contributed by atoms with Crippen LogP contribution in [0, 0.1) is 5.92 Å². The minimum atomic E-state index is -2.78. The average Bonchev–Trinajstić information content (AvgIpc) is 3.31. The Balaban J connectivity index is 1.28. The van der Waals surface area contributed by atoms with Gasteiger partial charge >= 0.3 is 0 Å². The maximum absolute atomic E-state index is 14.3. The van der Waals surface area contributed by atoms with Crippen LogP contribution in [0.3, 0.4) is 0 Å². The molecule has 0 radical (unpaired) electrons. The molecule has 1 aliphatic heterocycles. The van der Waals surface area contributed by atoms with Crippen molar-refractivity contribution in [1.29, 1.82) is 0 Å². The third-order valence-corrected chi connectivity index (χ3v) is 8.10. The van der Waals surface area contributed by atoms with Gasteiger partial charge < -0.3 is 14.6 Å². The lowest BCUT2D eigenvalue weighted by Gasteiger charge is -2.42. The lowest BCUT2D eigenvalue weighted by Crippen LogP contribution is -2.52. The topological polar surface area (TPSA) is 80.4 Å². The SMILES string of the molecule is CC(C)n1ccc2c(=O)n(CC3(O)CCN(C(=O)[C@H]4CCC(F)(F)C[C@@H]4c4ccccc4)CC3)cnc21.